The maximum Gasteiger partial charge on any atom is 0.329 e. The molecular weight excluding hydrogens is 302 g/mol. The summed E-state index contributed by atoms with van der Waals surface area (Å²) < 4.78 is 0. The third-order valence-electron chi connectivity index (χ3n) is 5.42. The maximum atomic E-state index is 13.1. The Morgan fingerprint density at radius 2 is 1.67 bits per heavy atom. The molecule has 24 heavy (non-hydrogen) atoms. The Balaban J connectivity index is 1.78. The lowest BCUT2D eigenvalue weighted by Gasteiger charge is -2.27. The molecule has 0 aliphatic carbocycles. The summed E-state index contributed by atoms with van der Waals surface area (Å²) in [6.07, 6.45) is 6.74. The van der Waals surface area contributed by atoms with Gasteiger partial charge in [0.05, 0.1) is 13.1 Å². The fraction of sp³-hybridized carbons (Fsp3) is 0.579. The van der Waals surface area contributed by atoms with E-state index in [9.17, 15) is 9.59 Å². The number of amides is 3. The quantitative estimate of drug-likeness (QED) is 0.825. The number of nitrogens with zero attached hydrogens (tertiary/aromatic N) is 1. The van der Waals surface area contributed by atoms with Gasteiger partial charge in [0.15, 0.2) is 6.67 Å². The highest BCUT2D eigenvalue weighted by Gasteiger charge is 2.52. The van der Waals surface area contributed by atoms with E-state index in [1.54, 1.807) is 0 Å². The van der Waals surface area contributed by atoms with Crippen LogP contribution in [0.2, 0.25) is 0 Å². The lowest BCUT2D eigenvalue weighted by atomic mass is 9.87. The largest absolute Gasteiger partial charge is 0.329 e. The molecule has 0 bridgehead atoms. The van der Waals surface area contributed by atoms with E-state index in [-0.39, 0.29) is 11.9 Å². The van der Waals surface area contributed by atoms with E-state index in [1.807, 2.05) is 37.3 Å². The zero-order chi connectivity index (χ0) is 17.0. The molecule has 1 aromatic rings. The number of benzene rings is 1. The summed E-state index contributed by atoms with van der Waals surface area (Å²) in [5, 5.41) is 2.97. The van der Waals surface area contributed by atoms with Gasteiger partial charge in [0.25, 0.3) is 5.91 Å². The Morgan fingerprint density at radius 1 is 1.04 bits per heavy atom. The molecule has 1 atom stereocenters. The molecule has 0 radical (unpaired) electrons. The van der Waals surface area contributed by atoms with E-state index >= 15 is 0 Å². The van der Waals surface area contributed by atoms with Crippen molar-refractivity contribution in [2.45, 2.75) is 51.0 Å². The molecule has 130 valence electrons. The van der Waals surface area contributed by atoms with Crippen LogP contribution in [0.4, 0.5) is 4.79 Å². The molecule has 1 aromatic carbocycles. The van der Waals surface area contributed by atoms with Crippen LogP contribution in [0.1, 0.15) is 51.0 Å². The molecule has 2 N–H and O–H groups in total. The average molecular weight is 330 g/mol. The molecule has 3 amide bonds. The first-order chi connectivity index (χ1) is 11.7. The standard InChI is InChI=1S/C19H27N3O2/c1-2-19(16-11-7-6-8-12-16)17(23)22(18(24)20-19)15-21-13-9-4-3-5-10-14-21/h6-8,11-12H,2-5,9-10,13-15H2,1H3,(H,20,24)/p+1/t19-/m1/s1. The zero-order valence-corrected chi connectivity index (χ0v) is 14.5. The van der Waals surface area contributed by atoms with Crippen LogP contribution in [-0.4, -0.2) is 36.6 Å². The number of carbonyl (C=O) groups excluding carboxylic acids is 2. The zero-order valence-electron chi connectivity index (χ0n) is 14.5. The predicted molar refractivity (Wildman–Crippen MR) is 92.4 cm³/mol. The molecule has 2 aliphatic rings. The molecule has 2 saturated heterocycles. The second-order valence-corrected chi connectivity index (χ2v) is 6.96. The van der Waals surface area contributed by atoms with E-state index in [1.165, 1.54) is 41.9 Å². The van der Waals surface area contributed by atoms with Crippen LogP contribution in [0.15, 0.2) is 30.3 Å². The summed E-state index contributed by atoms with van der Waals surface area (Å²) in [5.41, 5.74) is -0.0309. The van der Waals surface area contributed by atoms with Crippen LogP contribution in [0.3, 0.4) is 0 Å². The summed E-state index contributed by atoms with van der Waals surface area (Å²) in [6, 6.07) is 9.36. The van der Waals surface area contributed by atoms with Crippen molar-refractivity contribution in [1.29, 1.82) is 0 Å². The van der Waals surface area contributed by atoms with Gasteiger partial charge in [-0.25, -0.2) is 9.69 Å². The third-order valence-corrected chi connectivity index (χ3v) is 5.42. The van der Waals surface area contributed by atoms with E-state index in [2.05, 4.69) is 5.32 Å². The van der Waals surface area contributed by atoms with Gasteiger partial charge in [-0.15, -0.1) is 0 Å². The van der Waals surface area contributed by atoms with Gasteiger partial charge < -0.3 is 10.2 Å². The topological polar surface area (TPSA) is 53.9 Å². The Kier molecular flexibility index (Phi) is 5.19. The van der Waals surface area contributed by atoms with Gasteiger partial charge in [0, 0.05) is 0 Å². The van der Waals surface area contributed by atoms with Crippen LogP contribution < -0.4 is 10.2 Å². The molecular formula is C19H28N3O2+. The van der Waals surface area contributed by atoms with Gasteiger partial charge in [0.2, 0.25) is 0 Å². The Hall–Kier alpha value is -1.88. The fourth-order valence-electron chi connectivity index (χ4n) is 3.92. The summed E-state index contributed by atoms with van der Waals surface area (Å²) in [7, 11) is 0. The number of imide groups is 1. The van der Waals surface area contributed by atoms with Crippen molar-refractivity contribution in [3.8, 4) is 0 Å². The predicted octanol–water partition coefficient (Wildman–Crippen LogP) is 1.65. The molecule has 2 heterocycles. The monoisotopic (exact) mass is 330 g/mol. The number of rotatable bonds is 4. The van der Waals surface area contributed by atoms with Crippen LogP contribution in [0, 0.1) is 0 Å². The first-order valence-corrected chi connectivity index (χ1v) is 9.20. The molecule has 2 aliphatic heterocycles. The smallest absolute Gasteiger partial charge is 0.319 e. The summed E-state index contributed by atoms with van der Waals surface area (Å²) >= 11 is 0. The van der Waals surface area contributed by atoms with Gasteiger partial charge in [-0.2, -0.15) is 0 Å². The van der Waals surface area contributed by atoms with E-state index < -0.39 is 5.54 Å². The Morgan fingerprint density at radius 3 is 2.29 bits per heavy atom. The molecule has 5 nitrogen and oxygen atoms in total. The normalized spacial score (nSPS) is 26.1. The van der Waals surface area contributed by atoms with Crippen LogP contribution in [0.25, 0.3) is 0 Å². The number of nitrogens with one attached hydrogen (secondary N) is 2. The number of quaternary nitrogens is 1. The van der Waals surface area contributed by atoms with E-state index in [4.69, 9.17) is 0 Å². The number of likely N-dealkylation sites (tertiary alicyclic amines) is 1. The van der Waals surface area contributed by atoms with Gasteiger partial charge in [0.1, 0.15) is 5.54 Å². The lowest BCUT2D eigenvalue weighted by Crippen LogP contribution is -3.13. The minimum absolute atomic E-state index is 0.101. The van der Waals surface area contributed by atoms with Crippen molar-refractivity contribution in [2.75, 3.05) is 19.8 Å². The fourth-order valence-corrected chi connectivity index (χ4v) is 3.92. The lowest BCUT2D eigenvalue weighted by molar-refractivity contribution is -0.908. The molecule has 0 spiro atoms. The van der Waals surface area contributed by atoms with Crippen molar-refractivity contribution in [2.24, 2.45) is 0 Å². The molecule has 0 saturated carbocycles. The summed E-state index contributed by atoms with van der Waals surface area (Å²) in [4.78, 5) is 28.5. The average Bonchev–Trinajstić information content (AvgIpc) is 2.82. The van der Waals surface area contributed by atoms with Crippen molar-refractivity contribution in [3.63, 3.8) is 0 Å². The molecule has 5 heteroatoms. The maximum absolute atomic E-state index is 13.1. The van der Waals surface area contributed by atoms with Gasteiger partial charge in [-0.3, -0.25) is 4.79 Å². The molecule has 3 rings (SSSR count). The third kappa shape index (κ3) is 3.18. The van der Waals surface area contributed by atoms with Crippen molar-refractivity contribution in [1.82, 2.24) is 10.2 Å². The minimum atomic E-state index is -0.902. The molecule has 2 fully saturated rings. The highest BCUT2D eigenvalue weighted by Crippen LogP contribution is 2.31. The SMILES string of the molecule is CC[C@]1(c2ccccc2)NC(=O)N(C[NH+]2CCCCCCC2)C1=O. The van der Waals surface area contributed by atoms with Gasteiger partial charge in [-0.1, -0.05) is 43.7 Å². The number of urea groups is 1. The van der Waals surface area contributed by atoms with Gasteiger partial charge >= 0.3 is 6.03 Å². The highest BCUT2D eigenvalue weighted by molar-refractivity contribution is 6.07. The van der Waals surface area contributed by atoms with Crippen molar-refractivity contribution >= 4 is 11.9 Å². The summed E-state index contributed by atoms with van der Waals surface area (Å²) in [5.74, 6) is -0.101. The van der Waals surface area contributed by atoms with Crippen molar-refractivity contribution < 1.29 is 14.5 Å². The Labute approximate surface area is 144 Å². The van der Waals surface area contributed by atoms with Gasteiger partial charge in [-0.05, 0) is 37.7 Å². The second-order valence-electron chi connectivity index (χ2n) is 6.96. The van der Waals surface area contributed by atoms with Crippen LogP contribution >= 0.6 is 0 Å². The highest BCUT2D eigenvalue weighted by atomic mass is 16.2. The number of hydrogen-bond donors (Lipinski definition) is 2. The van der Waals surface area contributed by atoms with Crippen LogP contribution in [0.5, 0.6) is 0 Å². The number of hydrogen-bond acceptors (Lipinski definition) is 2. The van der Waals surface area contributed by atoms with E-state index in [0.29, 0.717) is 13.1 Å². The Bertz CT molecular complexity index is 582. The first-order valence-electron chi connectivity index (χ1n) is 9.20. The molecule has 0 unspecified atom stereocenters. The van der Waals surface area contributed by atoms with E-state index in [0.717, 1.165) is 18.7 Å². The number of carbonyl (C=O) groups is 2. The first kappa shape index (κ1) is 17.0. The minimum Gasteiger partial charge on any atom is -0.319 e. The second kappa shape index (κ2) is 7.34. The summed E-state index contributed by atoms with van der Waals surface area (Å²) in [6.45, 7) is 4.53. The molecule has 0 aromatic heterocycles. The van der Waals surface area contributed by atoms with Crippen molar-refractivity contribution in [3.05, 3.63) is 35.9 Å². The van der Waals surface area contributed by atoms with Crippen LogP contribution in [-0.2, 0) is 10.3 Å².